The summed E-state index contributed by atoms with van der Waals surface area (Å²) in [5, 5.41) is 2.28. The van der Waals surface area contributed by atoms with Crippen LogP contribution in [0, 0.1) is 0 Å². The fraction of sp³-hybridized carbons (Fsp3) is 0.391. The highest BCUT2D eigenvalue weighted by Gasteiger charge is 2.32. The summed E-state index contributed by atoms with van der Waals surface area (Å²) in [5.74, 6) is 0.906. The van der Waals surface area contributed by atoms with Crippen LogP contribution in [0.25, 0.3) is 28.1 Å². The lowest BCUT2D eigenvalue weighted by molar-refractivity contribution is 0.101. The lowest BCUT2D eigenvalue weighted by atomic mass is 10.0. The number of hydrazine groups is 1. The molecular formula is C23H29N7O. The first-order chi connectivity index (χ1) is 15.0. The molecule has 8 nitrogen and oxygen atoms in total. The Labute approximate surface area is 182 Å². The fourth-order valence-corrected chi connectivity index (χ4v) is 4.37. The first-order valence-corrected chi connectivity index (χ1v) is 10.7. The predicted octanol–water partition coefficient (Wildman–Crippen LogP) is 2.62. The van der Waals surface area contributed by atoms with Gasteiger partial charge in [0.15, 0.2) is 5.58 Å². The number of hydrogen-bond acceptors (Lipinski definition) is 8. The highest BCUT2D eigenvalue weighted by atomic mass is 16.3. The Bertz CT molecular complexity index is 1080. The highest BCUT2D eigenvalue weighted by Crippen LogP contribution is 2.33. The normalized spacial score (nSPS) is 20.7. The van der Waals surface area contributed by atoms with Gasteiger partial charge in [-0.2, -0.15) is 0 Å². The van der Waals surface area contributed by atoms with E-state index in [0.717, 1.165) is 48.2 Å². The Hall–Kier alpha value is -2.94. The zero-order valence-electron chi connectivity index (χ0n) is 18.2. The summed E-state index contributed by atoms with van der Waals surface area (Å²) < 4.78 is 5.96. The van der Waals surface area contributed by atoms with Crippen molar-refractivity contribution in [3.63, 3.8) is 0 Å². The van der Waals surface area contributed by atoms with Crippen LogP contribution in [0.1, 0.15) is 18.4 Å². The molecule has 0 amide bonds. The molecule has 8 heteroatoms. The number of anilines is 1. The Morgan fingerprint density at radius 2 is 1.97 bits per heavy atom. The summed E-state index contributed by atoms with van der Waals surface area (Å²) in [6.07, 6.45) is 6.40. The number of likely N-dealkylation sites (tertiary alicyclic amines) is 1. The monoisotopic (exact) mass is 419 g/mol. The SMILES string of the molecule is CN1CCC(N2C=C(c3cnc(N)c(-c4nc5ccccc5o4)c3)C(N(C)C)N2)CC1. The van der Waals surface area contributed by atoms with Crippen molar-refractivity contribution in [2.45, 2.75) is 25.0 Å². The van der Waals surface area contributed by atoms with Gasteiger partial charge in [0.1, 0.15) is 17.5 Å². The number of likely N-dealkylation sites (N-methyl/N-ethyl adjacent to an activating group) is 1. The quantitative estimate of drug-likeness (QED) is 0.667. The molecule has 0 saturated carbocycles. The van der Waals surface area contributed by atoms with Crippen LogP contribution >= 0.6 is 0 Å². The van der Waals surface area contributed by atoms with E-state index in [9.17, 15) is 0 Å². The molecule has 1 atom stereocenters. The number of hydrogen-bond donors (Lipinski definition) is 2. The molecule has 4 heterocycles. The average Bonchev–Trinajstić information content (AvgIpc) is 3.39. The highest BCUT2D eigenvalue weighted by molar-refractivity contribution is 5.81. The summed E-state index contributed by atoms with van der Waals surface area (Å²) >= 11 is 0. The molecule has 0 radical (unpaired) electrons. The van der Waals surface area contributed by atoms with Crippen LogP contribution in [0.5, 0.6) is 0 Å². The molecule has 5 rings (SSSR count). The average molecular weight is 420 g/mol. The molecule has 2 aliphatic rings. The van der Waals surface area contributed by atoms with Gasteiger partial charge in [-0.15, -0.1) is 0 Å². The van der Waals surface area contributed by atoms with Crippen molar-refractivity contribution < 1.29 is 4.42 Å². The summed E-state index contributed by atoms with van der Waals surface area (Å²) in [6, 6.07) is 10.2. The third-order valence-corrected chi connectivity index (χ3v) is 6.22. The van der Waals surface area contributed by atoms with Gasteiger partial charge >= 0.3 is 0 Å². The van der Waals surface area contributed by atoms with Crippen molar-refractivity contribution in [1.82, 2.24) is 30.2 Å². The van der Waals surface area contributed by atoms with Crippen LogP contribution in [0.2, 0.25) is 0 Å². The number of para-hydroxylation sites is 2. The molecule has 2 aromatic heterocycles. The number of nitrogens with one attached hydrogen (secondary N) is 1. The van der Waals surface area contributed by atoms with Crippen molar-refractivity contribution in [3.8, 4) is 11.5 Å². The number of pyridine rings is 1. The van der Waals surface area contributed by atoms with Gasteiger partial charge in [0.25, 0.3) is 0 Å². The molecule has 0 bridgehead atoms. The topological polar surface area (TPSA) is 86.7 Å². The summed E-state index contributed by atoms with van der Waals surface area (Å²) in [7, 11) is 6.34. The maximum Gasteiger partial charge on any atom is 0.231 e. The van der Waals surface area contributed by atoms with E-state index in [1.807, 2.05) is 36.5 Å². The second kappa shape index (κ2) is 7.96. The largest absolute Gasteiger partial charge is 0.436 e. The molecule has 3 N–H and O–H groups in total. The minimum absolute atomic E-state index is 0.0570. The maximum atomic E-state index is 6.22. The lowest BCUT2D eigenvalue weighted by Crippen LogP contribution is -2.50. The van der Waals surface area contributed by atoms with Gasteiger partial charge in [-0.05, 0) is 65.3 Å². The van der Waals surface area contributed by atoms with E-state index in [0.29, 0.717) is 23.3 Å². The molecule has 0 spiro atoms. The number of fused-ring (bicyclic) bond motifs is 1. The second-order valence-electron chi connectivity index (χ2n) is 8.66. The van der Waals surface area contributed by atoms with E-state index in [4.69, 9.17) is 10.2 Å². The number of nitrogens with two attached hydrogens (primary N) is 1. The molecular weight excluding hydrogens is 390 g/mol. The number of piperidine rings is 1. The minimum Gasteiger partial charge on any atom is -0.436 e. The number of aromatic nitrogens is 2. The number of nitrogen functional groups attached to an aromatic ring is 1. The van der Waals surface area contributed by atoms with E-state index in [2.05, 4.69) is 57.5 Å². The standard InChI is InChI=1S/C23H29N7O/c1-28(2)22-18(14-30(27-22)16-8-10-29(3)11-9-16)15-12-17(21(24)25-13-15)23-26-19-6-4-5-7-20(19)31-23/h4-7,12-14,16,22,27H,8-11H2,1-3H3,(H2,24,25). The van der Waals surface area contributed by atoms with Crippen molar-refractivity contribution in [2.75, 3.05) is 40.0 Å². The van der Waals surface area contributed by atoms with Gasteiger partial charge in [0.2, 0.25) is 5.89 Å². The molecule has 1 fully saturated rings. The second-order valence-corrected chi connectivity index (χ2v) is 8.66. The van der Waals surface area contributed by atoms with Crippen molar-refractivity contribution >= 4 is 22.5 Å². The minimum atomic E-state index is 0.0570. The molecule has 1 saturated heterocycles. The van der Waals surface area contributed by atoms with E-state index in [1.165, 1.54) is 0 Å². The first-order valence-electron chi connectivity index (χ1n) is 10.7. The molecule has 2 aliphatic heterocycles. The predicted molar refractivity (Wildman–Crippen MR) is 123 cm³/mol. The van der Waals surface area contributed by atoms with Crippen LogP contribution in [-0.2, 0) is 0 Å². The lowest BCUT2D eigenvalue weighted by Gasteiger charge is -2.36. The van der Waals surface area contributed by atoms with Crippen LogP contribution in [0.15, 0.2) is 47.1 Å². The van der Waals surface area contributed by atoms with Crippen LogP contribution in [0.4, 0.5) is 5.82 Å². The number of nitrogens with zero attached hydrogens (tertiary/aromatic N) is 5. The number of oxazole rings is 1. The van der Waals surface area contributed by atoms with E-state index >= 15 is 0 Å². The van der Waals surface area contributed by atoms with E-state index in [1.54, 1.807) is 0 Å². The Morgan fingerprint density at radius 3 is 2.71 bits per heavy atom. The third-order valence-electron chi connectivity index (χ3n) is 6.22. The Kier molecular flexibility index (Phi) is 5.13. The van der Waals surface area contributed by atoms with Crippen molar-refractivity contribution in [2.24, 2.45) is 0 Å². The molecule has 0 aliphatic carbocycles. The molecule has 3 aromatic rings. The van der Waals surface area contributed by atoms with Crippen molar-refractivity contribution in [1.29, 1.82) is 0 Å². The Morgan fingerprint density at radius 1 is 1.19 bits per heavy atom. The third kappa shape index (κ3) is 3.78. The summed E-state index contributed by atoms with van der Waals surface area (Å²) in [6.45, 7) is 2.23. The Balaban J connectivity index is 1.50. The molecule has 1 aromatic carbocycles. The summed E-state index contributed by atoms with van der Waals surface area (Å²) in [4.78, 5) is 13.7. The molecule has 1 unspecified atom stereocenters. The van der Waals surface area contributed by atoms with Gasteiger partial charge in [0, 0.05) is 29.6 Å². The van der Waals surface area contributed by atoms with Crippen LogP contribution in [0.3, 0.4) is 0 Å². The smallest absolute Gasteiger partial charge is 0.231 e. The van der Waals surface area contributed by atoms with Gasteiger partial charge in [-0.25, -0.2) is 15.4 Å². The van der Waals surface area contributed by atoms with Gasteiger partial charge < -0.3 is 20.1 Å². The molecule has 162 valence electrons. The fourth-order valence-electron chi connectivity index (χ4n) is 4.37. The van der Waals surface area contributed by atoms with E-state index in [-0.39, 0.29) is 6.17 Å². The van der Waals surface area contributed by atoms with Crippen LogP contribution in [-0.4, -0.2) is 71.2 Å². The zero-order chi connectivity index (χ0) is 21.5. The van der Waals surface area contributed by atoms with Gasteiger partial charge in [-0.3, -0.25) is 4.90 Å². The summed E-state index contributed by atoms with van der Waals surface area (Å²) in [5.41, 5.74) is 14.3. The van der Waals surface area contributed by atoms with Gasteiger partial charge in [0.05, 0.1) is 5.56 Å². The van der Waals surface area contributed by atoms with Gasteiger partial charge in [-0.1, -0.05) is 12.1 Å². The molecule has 31 heavy (non-hydrogen) atoms. The van der Waals surface area contributed by atoms with Crippen LogP contribution < -0.4 is 11.2 Å². The number of benzene rings is 1. The van der Waals surface area contributed by atoms with E-state index < -0.39 is 0 Å². The maximum absolute atomic E-state index is 6.22. The first kappa shape index (κ1) is 20.0. The number of rotatable bonds is 4. The zero-order valence-corrected chi connectivity index (χ0v) is 18.2. The van der Waals surface area contributed by atoms with Crippen molar-refractivity contribution in [3.05, 3.63) is 48.3 Å².